The number of para-hydroxylation sites is 1. The second kappa shape index (κ2) is 9.44. The molecule has 0 radical (unpaired) electrons. The van der Waals surface area contributed by atoms with Crippen LogP contribution in [0.4, 0.5) is 5.69 Å². The molecule has 0 saturated carbocycles. The number of nitrogens with one attached hydrogen (secondary N) is 1. The molecule has 0 bridgehead atoms. The number of aromatic nitrogens is 2. The number of hydrogen-bond acceptors (Lipinski definition) is 5. The van der Waals surface area contributed by atoms with Gasteiger partial charge in [-0.2, -0.15) is 0 Å². The van der Waals surface area contributed by atoms with Gasteiger partial charge >= 0.3 is 5.69 Å². The summed E-state index contributed by atoms with van der Waals surface area (Å²) in [6, 6.07) is 13.6. The van der Waals surface area contributed by atoms with E-state index in [1.54, 1.807) is 42.6 Å². The molecule has 1 N–H and O–H groups in total. The standard InChI is InChI=1S/C25H28N4O4/c1-16(2)17(3)25(30)28-13-7-10-22(28)24-26-15-20(27-24)18-11-12-21(29(31)32)23(14-18)33-19-8-5-4-6-9-19/h4-6,8-9,11-12,14-17,22H,7,10,13H2,1-3H3,(H,26,27)/t17-,22-/m0/s1. The first-order valence-corrected chi connectivity index (χ1v) is 11.2. The van der Waals surface area contributed by atoms with Crippen molar-refractivity contribution >= 4 is 11.6 Å². The Morgan fingerprint density at radius 1 is 1.21 bits per heavy atom. The van der Waals surface area contributed by atoms with Crippen LogP contribution in [-0.2, 0) is 4.79 Å². The van der Waals surface area contributed by atoms with Gasteiger partial charge in [-0.25, -0.2) is 4.98 Å². The van der Waals surface area contributed by atoms with Crippen molar-refractivity contribution in [1.29, 1.82) is 0 Å². The summed E-state index contributed by atoms with van der Waals surface area (Å²) in [5.41, 5.74) is 1.32. The molecule has 4 rings (SSSR count). The third-order valence-electron chi connectivity index (χ3n) is 6.28. The minimum Gasteiger partial charge on any atom is -0.450 e. The van der Waals surface area contributed by atoms with E-state index in [1.807, 2.05) is 17.9 Å². The summed E-state index contributed by atoms with van der Waals surface area (Å²) < 4.78 is 5.81. The van der Waals surface area contributed by atoms with Gasteiger partial charge in [-0.3, -0.25) is 14.9 Å². The van der Waals surface area contributed by atoms with Crippen LogP contribution >= 0.6 is 0 Å². The molecule has 1 saturated heterocycles. The zero-order chi connectivity index (χ0) is 23.5. The lowest BCUT2D eigenvalue weighted by Gasteiger charge is -2.27. The van der Waals surface area contributed by atoms with Crippen molar-refractivity contribution in [3.63, 3.8) is 0 Å². The molecule has 8 heteroatoms. The third-order valence-corrected chi connectivity index (χ3v) is 6.28. The zero-order valence-corrected chi connectivity index (χ0v) is 19.0. The summed E-state index contributed by atoms with van der Waals surface area (Å²) >= 11 is 0. The van der Waals surface area contributed by atoms with Gasteiger partial charge in [-0.05, 0) is 43.0 Å². The first kappa shape index (κ1) is 22.5. The van der Waals surface area contributed by atoms with Crippen molar-refractivity contribution in [3.8, 4) is 22.8 Å². The van der Waals surface area contributed by atoms with Gasteiger partial charge in [0.1, 0.15) is 11.6 Å². The minimum absolute atomic E-state index is 0.0487. The minimum atomic E-state index is -0.460. The van der Waals surface area contributed by atoms with Crippen LogP contribution in [-0.4, -0.2) is 32.2 Å². The molecule has 0 unspecified atom stereocenters. The van der Waals surface area contributed by atoms with Gasteiger partial charge in [0, 0.05) is 24.1 Å². The Morgan fingerprint density at radius 2 is 1.97 bits per heavy atom. The van der Waals surface area contributed by atoms with Gasteiger partial charge in [0.2, 0.25) is 11.7 Å². The first-order chi connectivity index (χ1) is 15.8. The number of ether oxygens (including phenoxy) is 1. The molecule has 2 atom stereocenters. The average Bonchev–Trinajstić information content (AvgIpc) is 3.48. The number of carbonyl (C=O) groups is 1. The number of amides is 1. The Hall–Kier alpha value is -3.68. The number of nitro groups is 1. The Labute approximate surface area is 192 Å². The maximum atomic E-state index is 13.0. The van der Waals surface area contributed by atoms with Crippen LogP contribution in [0.1, 0.15) is 45.5 Å². The molecule has 0 aliphatic carbocycles. The lowest BCUT2D eigenvalue weighted by atomic mass is 9.96. The fraction of sp³-hybridized carbons (Fsp3) is 0.360. The van der Waals surface area contributed by atoms with Crippen molar-refractivity contribution in [2.24, 2.45) is 11.8 Å². The van der Waals surface area contributed by atoms with E-state index in [9.17, 15) is 14.9 Å². The van der Waals surface area contributed by atoms with Gasteiger partial charge < -0.3 is 14.6 Å². The number of nitrogens with zero attached hydrogens (tertiary/aromatic N) is 3. The highest BCUT2D eigenvalue weighted by atomic mass is 16.6. The molecule has 1 aromatic heterocycles. The molecule has 8 nitrogen and oxygen atoms in total. The van der Waals surface area contributed by atoms with Gasteiger partial charge in [0.15, 0.2) is 0 Å². The Balaban J connectivity index is 1.61. The normalized spacial score (nSPS) is 16.7. The number of rotatable bonds is 7. The van der Waals surface area contributed by atoms with Crippen LogP contribution in [0.25, 0.3) is 11.3 Å². The lowest BCUT2D eigenvalue weighted by Crippen LogP contribution is -2.36. The van der Waals surface area contributed by atoms with E-state index in [-0.39, 0.29) is 35.2 Å². The molecular weight excluding hydrogens is 420 g/mol. The molecule has 33 heavy (non-hydrogen) atoms. The van der Waals surface area contributed by atoms with Gasteiger partial charge in [0.05, 0.1) is 22.9 Å². The molecule has 2 aromatic carbocycles. The Morgan fingerprint density at radius 3 is 2.67 bits per heavy atom. The van der Waals surface area contributed by atoms with Gasteiger partial charge in [-0.15, -0.1) is 0 Å². The van der Waals surface area contributed by atoms with Crippen LogP contribution in [0.5, 0.6) is 11.5 Å². The van der Waals surface area contributed by atoms with E-state index >= 15 is 0 Å². The fourth-order valence-corrected chi connectivity index (χ4v) is 4.04. The zero-order valence-electron chi connectivity index (χ0n) is 19.0. The molecule has 1 fully saturated rings. The predicted octanol–water partition coefficient (Wildman–Crippen LogP) is 5.73. The first-order valence-electron chi connectivity index (χ1n) is 11.2. The SMILES string of the molecule is CC(C)[C@H](C)C(=O)N1CCC[C@H]1c1ncc(-c2ccc([N+](=O)[O-])c(Oc3ccccc3)c2)[nH]1. The second-order valence-electron chi connectivity index (χ2n) is 8.76. The van der Waals surface area contributed by atoms with Crippen LogP contribution in [0.15, 0.2) is 54.7 Å². The number of nitro benzene ring substituents is 1. The summed E-state index contributed by atoms with van der Waals surface area (Å²) in [6.45, 7) is 6.81. The van der Waals surface area contributed by atoms with Crippen molar-refractivity contribution in [2.75, 3.05) is 6.54 Å². The summed E-state index contributed by atoms with van der Waals surface area (Å²) in [5, 5.41) is 11.5. The molecule has 3 aromatic rings. The highest BCUT2D eigenvalue weighted by molar-refractivity contribution is 5.79. The fourth-order valence-electron chi connectivity index (χ4n) is 4.04. The molecule has 172 valence electrons. The van der Waals surface area contributed by atoms with Crippen molar-refractivity contribution in [2.45, 2.75) is 39.7 Å². The largest absolute Gasteiger partial charge is 0.450 e. The number of benzene rings is 2. The highest BCUT2D eigenvalue weighted by Crippen LogP contribution is 2.37. The monoisotopic (exact) mass is 448 g/mol. The van der Waals surface area contributed by atoms with E-state index in [0.717, 1.165) is 30.8 Å². The van der Waals surface area contributed by atoms with Crippen LogP contribution in [0.3, 0.4) is 0 Å². The Kier molecular flexibility index (Phi) is 6.44. The smallest absolute Gasteiger partial charge is 0.311 e. The summed E-state index contributed by atoms with van der Waals surface area (Å²) in [5.74, 6) is 1.78. The molecule has 1 aliphatic rings. The van der Waals surface area contributed by atoms with Crippen molar-refractivity contribution in [1.82, 2.24) is 14.9 Å². The molecular formula is C25H28N4O4. The topological polar surface area (TPSA) is 101 Å². The van der Waals surface area contributed by atoms with Gasteiger partial charge in [-0.1, -0.05) is 39.0 Å². The number of hydrogen-bond donors (Lipinski definition) is 1. The van der Waals surface area contributed by atoms with E-state index in [2.05, 4.69) is 23.8 Å². The quantitative estimate of drug-likeness (QED) is 0.367. The van der Waals surface area contributed by atoms with E-state index in [0.29, 0.717) is 11.4 Å². The van der Waals surface area contributed by atoms with E-state index in [1.165, 1.54) is 6.07 Å². The number of likely N-dealkylation sites (tertiary alicyclic amines) is 1. The molecule has 1 amide bonds. The summed E-state index contributed by atoms with van der Waals surface area (Å²) in [4.78, 5) is 33.8. The van der Waals surface area contributed by atoms with Gasteiger partial charge in [0.25, 0.3) is 0 Å². The molecule has 2 heterocycles. The van der Waals surface area contributed by atoms with Crippen LogP contribution in [0.2, 0.25) is 0 Å². The molecule has 0 spiro atoms. The van der Waals surface area contributed by atoms with E-state index in [4.69, 9.17) is 4.74 Å². The number of aromatic amines is 1. The second-order valence-corrected chi connectivity index (χ2v) is 8.76. The molecule has 1 aliphatic heterocycles. The summed E-state index contributed by atoms with van der Waals surface area (Å²) in [7, 11) is 0. The lowest BCUT2D eigenvalue weighted by molar-refractivity contribution is -0.385. The average molecular weight is 449 g/mol. The number of H-pyrrole nitrogens is 1. The third kappa shape index (κ3) is 4.74. The number of carbonyl (C=O) groups excluding carboxylic acids is 1. The maximum Gasteiger partial charge on any atom is 0.311 e. The summed E-state index contributed by atoms with van der Waals surface area (Å²) in [6.07, 6.45) is 3.49. The predicted molar refractivity (Wildman–Crippen MR) is 125 cm³/mol. The highest BCUT2D eigenvalue weighted by Gasteiger charge is 2.35. The van der Waals surface area contributed by atoms with E-state index < -0.39 is 4.92 Å². The van der Waals surface area contributed by atoms with Crippen molar-refractivity contribution < 1.29 is 14.5 Å². The van der Waals surface area contributed by atoms with Crippen LogP contribution < -0.4 is 4.74 Å². The Bertz CT molecular complexity index is 1140. The number of imidazole rings is 1. The van der Waals surface area contributed by atoms with Crippen LogP contribution in [0, 0.1) is 22.0 Å². The van der Waals surface area contributed by atoms with Crippen molar-refractivity contribution in [3.05, 3.63) is 70.7 Å². The maximum absolute atomic E-state index is 13.0.